The molecule has 2 heterocycles. The zero-order valence-electron chi connectivity index (χ0n) is 13.2. The van der Waals surface area contributed by atoms with E-state index in [1.54, 1.807) is 17.0 Å². The van der Waals surface area contributed by atoms with Crippen molar-refractivity contribution in [1.29, 1.82) is 0 Å². The molecule has 0 spiro atoms. The Morgan fingerprint density at radius 1 is 1.25 bits per heavy atom. The average molecular weight is 337 g/mol. The molecule has 0 bridgehead atoms. The van der Waals surface area contributed by atoms with E-state index in [1.165, 1.54) is 12.1 Å². The van der Waals surface area contributed by atoms with Gasteiger partial charge in [-0.2, -0.15) is 0 Å². The van der Waals surface area contributed by atoms with Crippen LogP contribution in [0.4, 0.5) is 4.39 Å². The van der Waals surface area contributed by atoms with Crippen LogP contribution in [0.3, 0.4) is 0 Å². The van der Waals surface area contributed by atoms with Crippen LogP contribution in [0.25, 0.3) is 0 Å². The van der Waals surface area contributed by atoms with Crippen LogP contribution < -0.4 is 10.9 Å². The number of hydrazine groups is 1. The number of nitrogens with zero attached hydrogens (tertiary/aromatic N) is 3. The quantitative estimate of drug-likeness (QED) is 0.573. The largest absolute Gasteiger partial charge is 0.338 e. The maximum absolute atomic E-state index is 12.9. The van der Waals surface area contributed by atoms with Crippen molar-refractivity contribution in [2.45, 2.75) is 18.6 Å². The van der Waals surface area contributed by atoms with Crippen LogP contribution in [0.1, 0.15) is 5.56 Å². The van der Waals surface area contributed by atoms with Gasteiger partial charge in [-0.1, -0.05) is 12.1 Å². The van der Waals surface area contributed by atoms with Gasteiger partial charge in [-0.25, -0.2) is 15.2 Å². The molecule has 1 aromatic carbocycles. The number of piperazine rings is 1. The maximum atomic E-state index is 12.9. The predicted molar refractivity (Wildman–Crippen MR) is 84.0 cm³/mol. The van der Waals surface area contributed by atoms with E-state index in [1.807, 2.05) is 0 Å². The Morgan fingerprint density at radius 2 is 1.92 bits per heavy atom. The predicted octanol–water partition coefficient (Wildman–Crippen LogP) is -0.408. The Hall–Kier alpha value is -2.10. The second-order valence-electron chi connectivity index (χ2n) is 6.08. The molecule has 1 aromatic rings. The molecular weight excluding hydrogens is 317 g/mol. The molecule has 0 aliphatic carbocycles. The molecule has 0 saturated carbocycles. The number of benzene rings is 1. The van der Waals surface area contributed by atoms with Crippen molar-refractivity contribution in [3.05, 3.63) is 45.8 Å². The van der Waals surface area contributed by atoms with Gasteiger partial charge in [0.15, 0.2) is 6.04 Å². The van der Waals surface area contributed by atoms with Crippen molar-refractivity contribution in [2.75, 3.05) is 32.7 Å². The van der Waals surface area contributed by atoms with Gasteiger partial charge in [0, 0.05) is 37.6 Å². The molecular formula is C15H20FN5O3. The molecule has 3 rings (SSSR count). The standard InChI is InChI=1S/C15H20FN5O3/c16-12-3-1-11(2-4-12)10-19-5-7-20(8-6-19)15(22)14-13(21(23)24)9-17-18-14/h1-4,13-14,17-18H,5-10H2. The van der Waals surface area contributed by atoms with Crippen LogP contribution in [0, 0.1) is 15.9 Å². The Bertz CT molecular complexity index is 604. The van der Waals surface area contributed by atoms with Gasteiger partial charge in [0.2, 0.25) is 5.91 Å². The van der Waals surface area contributed by atoms with Gasteiger partial charge >= 0.3 is 0 Å². The number of halogens is 1. The zero-order valence-corrected chi connectivity index (χ0v) is 13.2. The van der Waals surface area contributed by atoms with E-state index in [2.05, 4.69) is 15.8 Å². The van der Waals surface area contributed by atoms with Gasteiger partial charge in [-0.3, -0.25) is 19.8 Å². The van der Waals surface area contributed by atoms with Crippen LogP contribution in [0.15, 0.2) is 24.3 Å². The third-order valence-corrected chi connectivity index (χ3v) is 4.49. The SMILES string of the molecule is O=C(C1NNCC1[N+](=O)[O-])N1CCN(Cc2ccc(F)cc2)CC1. The lowest BCUT2D eigenvalue weighted by atomic mass is 10.1. The van der Waals surface area contributed by atoms with Gasteiger partial charge in [0.25, 0.3) is 6.04 Å². The lowest BCUT2D eigenvalue weighted by molar-refractivity contribution is -0.517. The highest BCUT2D eigenvalue weighted by atomic mass is 19.1. The van der Waals surface area contributed by atoms with Gasteiger partial charge in [-0.15, -0.1) is 0 Å². The Kier molecular flexibility index (Phi) is 5.03. The highest BCUT2D eigenvalue weighted by Crippen LogP contribution is 2.12. The smallest absolute Gasteiger partial charge is 0.252 e. The fourth-order valence-corrected chi connectivity index (χ4v) is 3.08. The van der Waals surface area contributed by atoms with E-state index >= 15 is 0 Å². The highest BCUT2D eigenvalue weighted by molar-refractivity contribution is 5.83. The van der Waals surface area contributed by atoms with Crippen LogP contribution >= 0.6 is 0 Å². The third-order valence-electron chi connectivity index (χ3n) is 4.49. The van der Waals surface area contributed by atoms with Crippen molar-refractivity contribution < 1.29 is 14.1 Å². The summed E-state index contributed by atoms with van der Waals surface area (Å²) in [7, 11) is 0. The summed E-state index contributed by atoms with van der Waals surface area (Å²) in [4.78, 5) is 26.9. The molecule has 2 unspecified atom stereocenters. The van der Waals surface area contributed by atoms with E-state index in [-0.39, 0.29) is 18.3 Å². The molecule has 2 atom stereocenters. The molecule has 2 fully saturated rings. The molecule has 2 aliphatic heterocycles. The summed E-state index contributed by atoms with van der Waals surface area (Å²) >= 11 is 0. The van der Waals surface area contributed by atoms with Crippen molar-refractivity contribution in [3.8, 4) is 0 Å². The first-order chi connectivity index (χ1) is 11.5. The monoisotopic (exact) mass is 337 g/mol. The number of nitrogens with one attached hydrogen (secondary N) is 2. The van der Waals surface area contributed by atoms with Gasteiger partial charge < -0.3 is 4.90 Å². The van der Waals surface area contributed by atoms with Gasteiger partial charge in [-0.05, 0) is 17.7 Å². The fourth-order valence-electron chi connectivity index (χ4n) is 3.08. The Morgan fingerprint density at radius 3 is 2.54 bits per heavy atom. The van der Waals surface area contributed by atoms with E-state index < -0.39 is 17.0 Å². The second kappa shape index (κ2) is 7.20. The number of amides is 1. The molecule has 8 nitrogen and oxygen atoms in total. The van der Waals surface area contributed by atoms with Crippen molar-refractivity contribution in [1.82, 2.24) is 20.7 Å². The molecule has 2 saturated heterocycles. The summed E-state index contributed by atoms with van der Waals surface area (Å²) < 4.78 is 12.9. The lowest BCUT2D eigenvalue weighted by Gasteiger charge is -2.35. The van der Waals surface area contributed by atoms with Gasteiger partial charge in [0.05, 0.1) is 6.54 Å². The minimum absolute atomic E-state index is 0.147. The molecule has 2 N–H and O–H groups in total. The van der Waals surface area contributed by atoms with Crippen molar-refractivity contribution >= 4 is 5.91 Å². The number of nitro groups is 1. The lowest BCUT2D eigenvalue weighted by Crippen LogP contribution is -2.56. The number of carbonyl (C=O) groups is 1. The number of carbonyl (C=O) groups excluding carboxylic acids is 1. The average Bonchev–Trinajstić information content (AvgIpc) is 3.07. The van der Waals surface area contributed by atoms with Crippen LogP contribution in [0.2, 0.25) is 0 Å². The summed E-state index contributed by atoms with van der Waals surface area (Å²) in [6, 6.07) is 4.63. The molecule has 2 aliphatic rings. The summed E-state index contributed by atoms with van der Waals surface area (Å²) in [6.07, 6.45) is 0. The Labute approximate surface area is 138 Å². The summed E-state index contributed by atoms with van der Waals surface area (Å²) in [5.41, 5.74) is 6.42. The van der Waals surface area contributed by atoms with E-state index in [9.17, 15) is 19.3 Å². The number of hydrogen-bond donors (Lipinski definition) is 2. The molecule has 1 amide bonds. The van der Waals surface area contributed by atoms with Crippen molar-refractivity contribution in [2.24, 2.45) is 0 Å². The van der Waals surface area contributed by atoms with E-state index in [0.29, 0.717) is 32.7 Å². The van der Waals surface area contributed by atoms with E-state index in [4.69, 9.17) is 0 Å². The summed E-state index contributed by atoms with van der Waals surface area (Å²) in [5.74, 6) is -0.490. The first-order valence-corrected chi connectivity index (χ1v) is 7.92. The zero-order chi connectivity index (χ0) is 17.1. The van der Waals surface area contributed by atoms with Gasteiger partial charge in [0.1, 0.15) is 5.82 Å². The Balaban J connectivity index is 1.52. The molecule has 0 aromatic heterocycles. The summed E-state index contributed by atoms with van der Waals surface area (Å²) in [5, 5.41) is 11.0. The summed E-state index contributed by atoms with van der Waals surface area (Å²) in [6.45, 7) is 3.28. The maximum Gasteiger partial charge on any atom is 0.252 e. The molecule has 24 heavy (non-hydrogen) atoms. The third kappa shape index (κ3) is 3.69. The topological polar surface area (TPSA) is 90.7 Å². The van der Waals surface area contributed by atoms with Crippen LogP contribution in [-0.4, -0.2) is 65.4 Å². The fraction of sp³-hybridized carbons (Fsp3) is 0.533. The number of hydrogen-bond acceptors (Lipinski definition) is 6. The molecule has 9 heteroatoms. The van der Waals surface area contributed by atoms with Crippen LogP contribution in [0.5, 0.6) is 0 Å². The van der Waals surface area contributed by atoms with Crippen LogP contribution in [-0.2, 0) is 11.3 Å². The molecule has 130 valence electrons. The minimum Gasteiger partial charge on any atom is -0.338 e. The first-order valence-electron chi connectivity index (χ1n) is 7.92. The van der Waals surface area contributed by atoms with Crippen molar-refractivity contribution in [3.63, 3.8) is 0 Å². The number of rotatable bonds is 4. The normalized spacial score (nSPS) is 25.0. The first kappa shape index (κ1) is 16.7. The van der Waals surface area contributed by atoms with E-state index in [0.717, 1.165) is 5.56 Å². The minimum atomic E-state index is -0.935. The second-order valence-corrected chi connectivity index (χ2v) is 6.08. The molecule has 0 radical (unpaired) electrons. The highest BCUT2D eigenvalue weighted by Gasteiger charge is 2.43.